The van der Waals surface area contributed by atoms with Crippen LogP contribution in [-0.4, -0.2) is 5.11 Å². The Morgan fingerprint density at radius 3 is 2.55 bits per heavy atom. The number of benzene rings is 1. The summed E-state index contributed by atoms with van der Waals surface area (Å²) in [5.41, 5.74) is 1.87. The highest BCUT2D eigenvalue weighted by Gasteiger charge is 2.27. The Morgan fingerprint density at radius 1 is 1.27 bits per heavy atom. The number of hydrogen-bond donors (Lipinski definition) is 1. The molecule has 0 bridgehead atoms. The van der Waals surface area contributed by atoms with E-state index in [0.29, 0.717) is 0 Å². The van der Waals surface area contributed by atoms with Crippen LogP contribution in [0, 0.1) is 0 Å². The van der Waals surface area contributed by atoms with Gasteiger partial charge in [0.05, 0.1) is 0 Å². The maximum atomic E-state index is 9.30. The van der Waals surface area contributed by atoms with Crippen LogP contribution in [-0.2, 0) is 4.74 Å². The van der Waals surface area contributed by atoms with Crippen LogP contribution in [0.2, 0.25) is 0 Å². The standard InChI is InChI=1S/C8H7BrO2/c9-7-5-3-1-2-4-6(5)8(10)11-7/h1-4,7-8,10H. The van der Waals surface area contributed by atoms with Crippen molar-refractivity contribution in [1.29, 1.82) is 0 Å². The van der Waals surface area contributed by atoms with E-state index in [1.807, 2.05) is 24.3 Å². The van der Waals surface area contributed by atoms with Crippen LogP contribution in [0.3, 0.4) is 0 Å². The molecule has 0 aliphatic carbocycles. The van der Waals surface area contributed by atoms with Crippen molar-refractivity contribution in [3.05, 3.63) is 35.4 Å². The molecular formula is C8H7BrO2. The van der Waals surface area contributed by atoms with Crippen LogP contribution in [0.15, 0.2) is 24.3 Å². The van der Waals surface area contributed by atoms with Gasteiger partial charge in [-0.25, -0.2) is 0 Å². The number of halogens is 1. The second-order valence-electron chi connectivity index (χ2n) is 2.43. The normalized spacial score (nSPS) is 28.5. The first-order valence-electron chi connectivity index (χ1n) is 3.35. The van der Waals surface area contributed by atoms with Gasteiger partial charge in [-0.1, -0.05) is 40.2 Å². The highest BCUT2D eigenvalue weighted by atomic mass is 79.9. The molecule has 11 heavy (non-hydrogen) atoms. The third kappa shape index (κ3) is 1.09. The smallest absolute Gasteiger partial charge is 0.183 e. The molecule has 1 aromatic rings. The van der Waals surface area contributed by atoms with E-state index in [-0.39, 0.29) is 5.01 Å². The van der Waals surface area contributed by atoms with Gasteiger partial charge in [0.15, 0.2) is 6.29 Å². The highest BCUT2D eigenvalue weighted by Crippen LogP contribution is 2.40. The summed E-state index contributed by atoms with van der Waals surface area (Å²) in [5, 5.41) is 9.14. The Hall–Kier alpha value is -0.380. The fourth-order valence-corrected chi connectivity index (χ4v) is 1.82. The minimum atomic E-state index is -0.768. The minimum Gasteiger partial charge on any atom is -0.364 e. The number of alkyl halides is 1. The first-order chi connectivity index (χ1) is 5.29. The number of ether oxygens (including phenoxy) is 1. The summed E-state index contributed by atoms with van der Waals surface area (Å²) < 4.78 is 5.10. The van der Waals surface area contributed by atoms with Crippen molar-refractivity contribution in [3.63, 3.8) is 0 Å². The molecule has 2 atom stereocenters. The van der Waals surface area contributed by atoms with Crippen LogP contribution in [0.25, 0.3) is 0 Å². The van der Waals surface area contributed by atoms with Gasteiger partial charge in [-0.15, -0.1) is 0 Å². The fourth-order valence-electron chi connectivity index (χ4n) is 1.20. The van der Waals surface area contributed by atoms with Gasteiger partial charge in [0.25, 0.3) is 0 Å². The third-order valence-electron chi connectivity index (χ3n) is 1.75. The average Bonchev–Trinajstić information content (AvgIpc) is 2.30. The summed E-state index contributed by atoms with van der Waals surface area (Å²) in [6.07, 6.45) is -0.768. The summed E-state index contributed by atoms with van der Waals surface area (Å²) in [6, 6.07) is 7.61. The zero-order valence-corrected chi connectivity index (χ0v) is 7.28. The average molecular weight is 215 g/mol. The van der Waals surface area contributed by atoms with Crippen molar-refractivity contribution in [2.75, 3.05) is 0 Å². The summed E-state index contributed by atoms with van der Waals surface area (Å²) in [6.45, 7) is 0. The molecule has 1 aliphatic heterocycles. The summed E-state index contributed by atoms with van der Waals surface area (Å²) in [4.78, 5) is 0. The molecule has 2 rings (SSSR count). The lowest BCUT2D eigenvalue weighted by Gasteiger charge is -2.00. The predicted molar refractivity (Wildman–Crippen MR) is 44.2 cm³/mol. The van der Waals surface area contributed by atoms with Crippen LogP contribution < -0.4 is 0 Å². The van der Waals surface area contributed by atoms with Gasteiger partial charge in [0, 0.05) is 5.56 Å². The molecule has 0 radical (unpaired) electrons. The highest BCUT2D eigenvalue weighted by molar-refractivity contribution is 9.09. The largest absolute Gasteiger partial charge is 0.364 e. The fraction of sp³-hybridized carbons (Fsp3) is 0.250. The molecular weight excluding hydrogens is 208 g/mol. The third-order valence-corrected chi connectivity index (χ3v) is 2.46. The zero-order chi connectivity index (χ0) is 7.84. The lowest BCUT2D eigenvalue weighted by molar-refractivity contribution is -0.0929. The Bertz CT molecular complexity index is 248. The minimum absolute atomic E-state index is 0.159. The van der Waals surface area contributed by atoms with Crippen LogP contribution in [0.4, 0.5) is 0 Å². The van der Waals surface area contributed by atoms with Crippen molar-refractivity contribution in [2.45, 2.75) is 11.3 Å². The maximum Gasteiger partial charge on any atom is 0.183 e. The van der Waals surface area contributed by atoms with Crippen molar-refractivity contribution >= 4 is 15.9 Å². The van der Waals surface area contributed by atoms with E-state index >= 15 is 0 Å². The topological polar surface area (TPSA) is 29.5 Å². The van der Waals surface area contributed by atoms with Gasteiger partial charge < -0.3 is 9.84 Å². The molecule has 1 aliphatic rings. The molecule has 0 saturated heterocycles. The van der Waals surface area contributed by atoms with Crippen LogP contribution in [0.1, 0.15) is 22.4 Å². The van der Waals surface area contributed by atoms with Gasteiger partial charge in [-0.2, -0.15) is 0 Å². The monoisotopic (exact) mass is 214 g/mol. The lowest BCUT2D eigenvalue weighted by atomic mass is 10.1. The molecule has 0 aromatic heterocycles. The molecule has 0 saturated carbocycles. The maximum absolute atomic E-state index is 9.30. The molecule has 1 heterocycles. The van der Waals surface area contributed by atoms with E-state index in [0.717, 1.165) is 11.1 Å². The first kappa shape index (κ1) is 7.28. The van der Waals surface area contributed by atoms with Gasteiger partial charge in [0.2, 0.25) is 0 Å². The number of hydrogen-bond acceptors (Lipinski definition) is 2. The number of rotatable bonds is 0. The van der Waals surface area contributed by atoms with E-state index in [1.165, 1.54) is 0 Å². The molecule has 0 amide bonds. The molecule has 3 heteroatoms. The molecule has 1 aromatic carbocycles. The Kier molecular flexibility index (Phi) is 1.71. The van der Waals surface area contributed by atoms with Crippen molar-refractivity contribution < 1.29 is 9.84 Å². The van der Waals surface area contributed by atoms with Crippen molar-refractivity contribution in [2.24, 2.45) is 0 Å². The Morgan fingerprint density at radius 2 is 1.91 bits per heavy atom. The van der Waals surface area contributed by atoms with Gasteiger partial charge >= 0.3 is 0 Å². The molecule has 58 valence electrons. The van der Waals surface area contributed by atoms with E-state index < -0.39 is 6.29 Å². The quantitative estimate of drug-likeness (QED) is 0.671. The van der Waals surface area contributed by atoms with Gasteiger partial charge in [-0.05, 0) is 5.56 Å². The number of fused-ring (bicyclic) bond motifs is 1. The Balaban J connectivity index is 2.52. The summed E-state index contributed by atoms with van der Waals surface area (Å²) in [7, 11) is 0. The molecule has 1 N–H and O–H groups in total. The molecule has 2 nitrogen and oxygen atoms in total. The zero-order valence-electron chi connectivity index (χ0n) is 5.70. The second kappa shape index (κ2) is 2.59. The number of aliphatic hydroxyl groups excluding tert-OH is 1. The van der Waals surface area contributed by atoms with Crippen molar-refractivity contribution in [3.8, 4) is 0 Å². The predicted octanol–water partition coefficient (Wildman–Crippen LogP) is 2.10. The van der Waals surface area contributed by atoms with Gasteiger partial charge in [0.1, 0.15) is 5.01 Å². The molecule has 2 unspecified atom stereocenters. The number of aliphatic hydroxyl groups is 1. The first-order valence-corrected chi connectivity index (χ1v) is 4.27. The molecule has 0 fully saturated rings. The SMILES string of the molecule is OC1OC(Br)c2ccccc21. The van der Waals surface area contributed by atoms with Gasteiger partial charge in [-0.3, -0.25) is 0 Å². The Labute approximate surface area is 72.9 Å². The van der Waals surface area contributed by atoms with Crippen molar-refractivity contribution in [1.82, 2.24) is 0 Å². The summed E-state index contributed by atoms with van der Waals surface area (Å²) >= 11 is 3.30. The second-order valence-corrected chi connectivity index (χ2v) is 3.27. The van der Waals surface area contributed by atoms with E-state index in [2.05, 4.69) is 15.9 Å². The van der Waals surface area contributed by atoms with Crippen LogP contribution in [0.5, 0.6) is 0 Å². The van der Waals surface area contributed by atoms with E-state index in [9.17, 15) is 5.11 Å². The lowest BCUT2D eigenvalue weighted by Crippen LogP contribution is -1.91. The van der Waals surface area contributed by atoms with E-state index in [1.54, 1.807) is 0 Å². The molecule has 0 spiro atoms. The summed E-state index contributed by atoms with van der Waals surface area (Å²) in [5.74, 6) is 0. The van der Waals surface area contributed by atoms with Crippen LogP contribution >= 0.6 is 15.9 Å². The van der Waals surface area contributed by atoms with E-state index in [4.69, 9.17) is 4.74 Å².